The fourth-order valence-electron chi connectivity index (χ4n) is 1.64. The quantitative estimate of drug-likeness (QED) is 0.596. The molecule has 1 aromatic carbocycles. The van der Waals surface area contributed by atoms with Crippen LogP contribution in [-0.4, -0.2) is 9.38 Å². The van der Waals surface area contributed by atoms with Crippen LogP contribution in [0, 0.1) is 0 Å². The lowest BCUT2D eigenvalue weighted by Gasteiger charge is -1.94. The van der Waals surface area contributed by atoms with Crippen LogP contribution < -0.4 is 0 Å². The molecular formula is C11H7BrN2. The molecule has 0 aliphatic rings. The Hall–Kier alpha value is -1.35. The van der Waals surface area contributed by atoms with Gasteiger partial charge in [0.05, 0.1) is 11.0 Å². The van der Waals surface area contributed by atoms with E-state index >= 15 is 0 Å². The minimum atomic E-state index is 0.973. The zero-order chi connectivity index (χ0) is 9.54. The first-order chi connectivity index (χ1) is 6.84. The van der Waals surface area contributed by atoms with Crippen LogP contribution in [0.4, 0.5) is 0 Å². The molecule has 0 saturated carbocycles. The van der Waals surface area contributed by atoms with Gasteiger partial charge < -0.3 is 0 Å². The minimum Gasteiger partial charge on any atom is -0.300 e. The summed E-state index contributed by atoms with van der Waals surface area (Å²) in [5.41, 5.74) is 3.15. The second-order valence-corrected chi connectivity index (χ2v) is 4.09. The van der Waals surface area contributed by atoms with Crippen LogP contribution in [0.2, 0.25) is 0 Å². The minimum absolute atomic E-state index is 0.973. The molecule has 3 aromatic rings. The average molecular weight is 247 g/mol. The molecule has 3 heteroatoms. The fourth-order valence-corrected chi connectivity index (χ4v) is 1.96. The predicted molar refractivity (Wildman–Crippen MR) is 60.4 cm³/mol. The first-order valence-corrected chi connectivity index (χ1v) is 5.16. The van der Waals surface area contributed by atoms with E-state index in [2.05, 4.69) is 31.4 Å². The number of rotatable bonds is 0. The molecule has 0 aliphatic carbocycles. The summed E-state index contributed by atoms with van der Waals surface area (Å²) in [5, 5.41) is 0. The summed E-state index contributed by atoms with van der Waals surface area (Å²) in [6, 6.07) is 12.2. The van der Waals surface area contributed by atoms with Crippen LogP contribution in [0.3, 0.4) is 0 Å². The molecule has 3 rings (SSSR count). The maximum atomic E-state index is 4.51. The van der Waals surface area contributed by atoms with E-state index in [4.69, 9.17) is 0 Å². The van der Waals surface area contributed by atoms with Gasteiger partial charge in [-0.15, -0.1) is 0 Å². The number of fused-ring (bicyclic) bond motifs is 3. The second kappa shape index (κ2) is 2.82. The molecule has 0 amide bonds. The number of halogens is 1. The summed E-state index contributed by atoms with van der Waals surface area (Å²) in [7, 11) is 0. The van der Waals surface area contributed by atoms with Crippen molar-refractivity contribution in [2.75, 3.05) is 0 Å². The van der Waals surface area contributed by atoms with Crippen LogP contribution in [0.25, 0.3) is 16.7 Å². The number of nitrogens with zero attached hydrogens (tertiary/aromatic N) is 2. The molecule has 0 saturated heterocycles. The fraction of sp³-hybridized carbons (Fsp3) is 0. The van der Waals surface area contributed by atoms with Crippen molar-refractivity contribution < 1.29 is 0 Å². The average Bonchev–Trinajstić information content (AvgIpc) is 2.54. The van der Waals surface area contributed by atoms with E-state index in [0.717, 1.165) is 21.2 Å². The van der Waals surface area contributed by atoms with Gasteiger partial charge in [0.15, 0.2) is 0 Å². The topological polar surface area (TPSA) is 17.3 Å². The second-order valence-electron chi connectivity index (χ2n) is 3.17. The first kappa shape index (κ1) is 8.00. The molecule has 0 fully saturated rings. The highest BCUT2D eigenvalue weighted by Crippen LogP contribution is 2.18. The summed E-state index contributed by atoms with van der Waals surface area (Å²) in [6.45, 7) is 0. The molecule has 0 bridgehead atoms. The highest BCUT2D eigenvalue weighted by molar-refractivity contribution is 9.10. The molecule has 14 heavy (non-hydrogen) atoms. The molecule has 0 radical (unpaired) electrons. The van der Waals surface area contributed by atoms with Crippen molar-refractivity contribution in [2.45, 2.75) is 0 Å². The monoisotopic (exact) mass is 246 g/mol. The molecule has 2 nitrogen and oxygen atoms in total. The van der Waals surface area contributed by atoms with Crippen LogP contribution >= 0.6 is 15.9 Å². The Morgan fingerprint density at radius 1 is 1.14 bits per heavy atom. The summed E-state index contributed by atoms with van der Waals surface area (Å²) in [5.74, 6) is 0. The van der Waals surface area contributed by atoms with E-state index < -0.39 is 0 Å². The van der Waals surface area contributed by atoms with Crippen molar-refractivity contribution in [3.63, 3.8) is 0 Å². The summed E-state index contributed by atoms with van der Waals surface area (Å²) in [4.78, 5) is 4.51. The Bertz CT molecular complexity index is 613. The number of hydrogen-bond acceptors (Lipinski definition) is 1. The van der Waals surface area contributed by atoms with Crippen molar-refractivity contribution >= 4 is 32.6 Å². The maximum absolute atomic E-state index is 4.51. The predicted octanol–water partition coefficient (Wildman–Crippen LogP) is 3.25. The number of para-hydroxylation sites is 2. The molecule has 0 atom stereocenters. The van der Waals surface area contributed by atoms with Crippen LogP contribution in [0.1, 0.15) is 0 Å². The molecule has 0 aliphatic heterocycles. The van der Waals surface area contributed by atoms with Gasteiger partial charge in [0.25, 0.3) is 0 Å². The van der Waals surface area contributed by atoms with Crippen LogP contribution in [-0.2, 0) is 0 Å². The standard InChI is InChI=1S/C11H7BrN2/c12-8-5-6-14-10-4-2-1-3-9(10)13-11(14)7-8/h1-7H. The molecule has 0 N–H and O–H groups in total. The van der Waals surface area contributed by atoms with Crippen molar-refractivity contribution in [3.8, 4) is 0 Å². The van der Waals surface area contributed by atoms with Gasteiger partial charge in [0.1, 0.15) is 5.65 Å². The Morgan fingerprint density at radius 3 is 2.93 bits per heavy atom. The van der Waals surface area contributed by atoms with Crippen molar-refractivity contribution in [1.29, 1.82) is 0 Å². The van der Waals surface area contributed by atoms with Crippen molar-refractivity contribution in [2.24, 2.45) is 0 Å². The summed E-state index contributed by atoms with van der Waals surface area (Å²) >= 11 is 3.44. The van der Waals surface area contributed by atoms with Crippen LogP contribution in [0.15, 0.2) is 47.1 Å². The van der Waals surface area contributed by atoms with Crippen molar-refractivity contribution in [3.05, 3.63) is 47.1 Å². The SMILES string of the molecule is Brc1ccn2c(c1)nc1ccccc12. The van der Waals surface area contributed by atoms with E-state index in [1.807, 2.05) is 36.5 Å². The third kappa shape index (κ3) is 1.06. The molecule has 68 valence electrons. The lowest BCUT2D eigenvalue weighted by Crippen LogP contribution is -1.82. The van der Waals surface area contributed by atoms with E-state index in [0.29, 0.717) is 0 Å². The summed E-state index contributed by atoms with van der Waals surface area (Å²) in [6.07, 6.45) is 2.02. The van der Waals surface area contributed by atoms with E-state index in [1.165, 1.54) is 0 Å². The first-order valence-electron chi connectivity index (χ1n) is 4.37. The van der Waals surface area contributed by atoms with Gasteiger partial charge in [0, 0.05) is 10.7 Å². The Labute approximate surface area is 89.3 Å². The number of imidazole rings is 1. The zero-order valence-corrected chi connectivity index (χ0v) is 8.90. The van der Waals surface area contributed by atoms with Crippen LogP contribution in [0.5, 0.6) is 0 Å². The largest absolute Gasteiger partial charge is 0.300 e. The Morgan fingerprint density at radius 2 is 2.00 bits per heavy atom. The maximum Gasteiger partial charge on any atom is 0.139 e. The van der Waals surface area contributed by atoms with Gasteiger partial charge in [-0.05, 0) is 24.3 Å². The lowest BCUT2D eigenvalue weighted by molar-refractivity contribution is 1.22. The zero-order valence-electron chi connectivity index (χ0n) is 7.31. The van der Waals surface area contributed by atoms with Gasteiger partial charge >= 0.3 is 0 Å². The highest BCUT2D eigenvalue weighted by Gasteiger charge is 2.02. The molecule has 0 unspecified atom stereocenters. The highest BCUT2D eigenvalue weighted by atomic mass is 79.9. The van der Waals surface area contributed by atoms with E-state index in [9.17, 15) is 0 Å². The Balaban J connectivity index is 2.57. The summed E-state index contributed by atoms with van der Waals surface area (Å²) < 4.78 is 3.14. The van der Waals surface area contributed by atoms with Gasteiger partial charge in [-0.3, -0.25) is 4.40 Å². The lowest BCUT2D eigenvalue weighted by atomic mass is 10.3. The van der Waals surface area contributed by atoms with Crippen molar-refractivity contribution in [1.82, 2.24) is 9.38 Å². The third-order valence-electron chi connectivity index (χ3n) is 2.27. The number of pyridine rings is 1. The smallest absolute Gasteiger partial charge is 0.139 e. The van der Waals surface area contributed by atoms with Gasteiger partial charge in [-0.2, -0.15) is 0 Å². The Kier molecular flexibility index (Phi) is 1.61. The molecule has 2 heterocycles. The molecule has 0 spiro atoms. The van der Waals surface area contributed by atoms with E-state index in [-0.39, 0.29) is 0 Å². The normalized spacial score (nSPS) is 11.2. The number of benzene rings is 1. The van der Waals surface area contributed by atoms with Gasteiger partial charge in [-0.25, -0.2) is 4.98 Å². The van der Waals surface area contributed by atoms with Gasteiger partial charge in [0.2, 0.25) is 0 Å². The number of aromatic nitrogens is 2. The molecular weight excluding hydrogens is 240 g/mol. The number of hydrogen-bond donors (Lipinski definition) is 0. The van der Waals surface area contributed by atoms with Gasteiger partial charge in [-0.1, -0.05) is 28.1 Å². The third-order valence-corrected chi connectivity index (χ3v) is 2.77. The van der Waals surface area contributed by atoms with E-state index in [1.54, 1.807) is 0 Å². The molecule has 2 aromatic heterocycles.